The first-order valence-electron chi connectivity index (χ1n) is 8.17. The van der Waals surface area contributed by atoms with E-state index in [0.29, 0.717) is 37.2 Å². The van der Waals surface area contributed by atoms with E-state index < -0.39 is 11.6 Å². The summed E-state index contributed by atoms with van der Waals surface area (Å²) in [5, 5.41) is 6.66. The van der Waals surface area contributed by atoms with E-state index in [2.05, 4.69) is 15.5 Å². The van der Waals surface area contributed by atoms with Crippen LogP contribution in [0.1, 0.15) is 37.3 Å². The number of amides is 1. The number of nitrogens with one attached hydrogen (secondary N) is 1. The van der Waals surface area contributed by atoms with Crippen LogP contribution in [0.3, 0.4) is 0 Å². The first-order valence-corrected chi connectivity index (χ1v) is 8.17. The first kappa shape index (κ1) is 17.5. The van der Waals surface area contributed by atoms with Gasteiger partial charge in [-0.05, 0) is 38.3 Å². The van der Waals surface area contributed by atoms with Gasteiger partial charge >= 0.3 is 0 Å². The first-order chi connectivity index (χ1) is 11.9. The topological polar surface area (TPSA) is 103 Å². The number of carbonyl (C=O) groups excluding carboxylic acids is 1. The summed E-state index contributed by atoms with van der Waals surface area (Å²) < 4.78 is 24.1. The second-order valence-corrected chi connectivity index (χ2v) is 6.38. The fraction of sp³-hybridized carbons (Fsp3) is 0.471. The molecule has 0 aliphatic carbocycles. The number of benzene rings is 1. The average Bonchev–Trinajstić information content (AvgIpc) is 3.08. The van der Waals surface area contributed by atoms with Gasteiger partial charge in [0.2, 0.25) is 17.6 Å². The Hall–Kier alpha value is -2.32. The van der Waals surface area contributed by atoms with Crippen molar-refractivity contribution < 1.29 is 18.4 Å². The van der Waals surface area contributed by atoms with Gasteiger partial charge in [-0.1, -0.05) is 17.3 Å². The molecule has 0 bridgehead atoms. The molecule has 1 saturated heterocycles. The van der Waals surface area contributed by atoms with Gasteiger partial charge in [0.15, 0.2) is 0 Å². The van der Waals surface area contributed by atoms with Crippen LogP contribution in [0.25, 0.3) is 11.4 Å². The summed E-state index contributed by atoms with van der Waals surface area (Å²) in [6, 6.07) is 4.21. The maximum Gasteiger partial charge on any atom is 0.249 e. The number of hydrogen-bond acceptors (Lipinski definition) is 6. The van der Waals surface area contributed by atoms with Gasteiger partial charge < -0.3 is 20.3 Å². The molecular weight excluding hydrogens is 327 g/mol. The molecule has 7 nitrogen and oxygen atoms in total. The van der Waals surface area contributed by atoms with Gasteiger partial charge in [0.05, 0.1) is 5.54 Å². The predicted octanol–water partition coefficient (Wildman–Crippen LogP) is 1.87. The highest BCUT2D eigenvalue weighted by Gasteiger charge is 2.37. The zero-order valence-corrected chi connectivity index (χ0v) is 14.2. The molecule has 2 aromatic rings. The third kappa shape index (κ3) is 3.69. The van der Waals surface area contributed by atoms with Crippen molar-refractivity contribution >= 4 is 5.91 Å². The predicted molar refractivity (Wildman–Crippen MR) is 88.0 cm³/mol. The molecule has 8 heteroatoms. The Morgan fingerprint density at radius 2 is 2.12 bits per heavy atom. The van der Waals surface area contributed by atoms with E-state index in [0.717, 1.165) is 0 Å². The number of halogens is 1. The van der Waals surface area contributed by atoms with Crippen LogP contribution in [0, 0.1) is 12.7 Å². The van der Waals surface area contributed by atoms with E-state index in [9.17, 15) is 9.18 Å². The molecule has 1 amide bonds. The molecule has 3 rings (SSSR count). The lowest BCUT2D eigenvalue weighted by atomic mass is 9.90. The Bertz CT molecular complexity index is 771. The van der Waals surface area contributed by atoms with Gasteiger partial charge in [0.1, 0.15) is 11.9 Å². The van der Waals surface area contributed by atoms with Crippen molar-refractivity contribution in [2.24, 2.45) is 5.73 Å². The number of carbonyl (C=O) groups is 1. The van der Waals surface area contributed by atoms with Crippen molar-refractivity contribution in [1.29, 1.82) is 0 Å². The monoisotopic (exact) mass is 348 g/mol. The number of nitrogens with two attached hydrogens (primary N) is 1. The Kier molecular flexibility index (Phi) is 4.82. The van der Waals surface area contributed by atoms with E-state index in [4.69, 9.17) is 15.0 Å². The highest BCUT2D eigenvalue weighted by molar-refractivity contribution is 5.86. The summed E-state index contributed by atoms with van der Waals surface area (Å²) in [7, 11) is 0. The van der Waals surface area contributed by atoms with Crippen molar-refractivity contribution in [3.63, 3.8) is 0 Å². The second kappa shape index (κ2) is 6.89. The number of aryl methyl sites for hydroxylation is 1. The van der Waals surface area contributed by atoms with Gasteiger partial charge in [-0.15, -0.1) is 0 Å². The molecule has 1 fully saturated rings. The lowest BCUT2D eigenvalue weighted by Gasteiger charge is -2.32. The zero-order valence-electron chi connectivity index (χ0n) is 14.2. The number of hydrogen-bond donors (Lipinski definition) is 2. The van der Waals surface area contributed by atoms with Crippen LogP contribution >= 0.6 is 0 Å². The van der Waals surface area contributed by atoms with E-state index in [1.165, 1.54) is 6.07 Å². The third-order valence-corrected chi connectivity index (χ3v) is 4.43. The third-order valence-electron chi connectivity index (χ3n) is 4.43. The molecule has 0 saturated carbocycles. The van der Waals surface area contributed by atoms with Crippen LogP contribution in [0.4, 0.5) is 4.39 Å². The molecule has 134 valence electrons. The quantitative estimate of drug-likeness (QED) is 0.874. The highest BCUT2D eigenvalue weighted by atomic mass is 19.1. The maximum atomic E-state index is 13.7. The van der Waals surface area contributed by atoms with Gasteiger partial charge in [-0.2, -0.15) is 4.98 Å². The molecule has 3 N–H and O–H groups in total. The maximum absolute atomic E-state index is 13.7. The van der Waals surface area contributed by atoms with Crippen molar-refractivity contribution in [3.05, 3.63) is 35.5 Å². The number of rotatable bonds is 4. The van der Waals surface area contributed by atoms with E-state index >= 15 is 0 Å². The van der Waals surface area contributed by atoms with E-state index in [1.54, 1.807) is 26.0 Å². The molecular formula is C17H21FN4O3. The summed E-state index contributed by atoms with van der Waals surface area (Å²) in [6.45, 7) is 4.33. The van der Waals surface area contributed by atoms with Crippen LogP contribution in [0.5, 0.6) is 0 Å². The van der Waals surface area contributed by atoms with Crippen LogP contribution < -0.4 is 11.1 Å². The molecule has 1 aromatic heterocycles. The van der Waals surface area contributed by atoms with Crippen molar-refractivity contribution in [2.75, 3.05) is 13.2 Å². The van der Waals surface area contributed by atoms with E-state index in [1.807, 2.05) is 0 Å². The summed E-state index contributed by atoms with van der Waals surface area (Å²) in [6.07, 6.45) is 0.923. The van der Waals surface area contributed by atoms with Crippen molar-refractivity contribution in [1.82, 2.24) is 15.5 Å². The zero-order chi connectivity index (χ0) is 18.0. The average molecular weight is 348 g/mol. The minimum absolute atomic E-state index is 0.236. The molecule has 1 aliphatic heterocycles. The van der Waals surface area contributed by atoms with Crippen LogP contribution in [-0.2, 0) is 9.53 Å². The normalized spacial score (nSPS) is 17.9. The lowest BCUT2D eigenvalue weighted by molar-refractivity contribution is -0.130. The molecule has 2 heterocycles. The highest BCUT2D eigenvalue weighted by Crippen LogP contribution is 2.23. The van der Waals surface area contributed by atoms with Crippen molar-refractivity contribution in [2.45, 2.75) is 38.3 Å². The minimum Gasteiger partial charge on any atom is -0.381 e. The van der Waals surface area contributed by atoms with Crippen LogP contribution in [-0.4, -0.2) is 34.8 Å². The van der Waals surface area contributed by atoms with E-state index in [-0.39, 0.29) is 23.4 Å². The number of nitrogens with zero attached hydrogens (tertiary/aromatic N) is 2. The van der Waals surface area contributed by atoms with Crippen molar-refractivity contribution in [3.8, 4) is 11.4 Å². The second-order valence-electron chi connectivity index (χ2n) is 6.38. The molecule has 1 aromatic carbocycles. The molecule has 25 heavy (non-hydrogen) atoms. The standard InChI is InChI=1S/C17H21FN4O3/c1-10-3-4-12(9-13(10)18)14-21-15(25-22-14)11(2)20-16(23)17(19)5-7-24-8-6-17/h3-4,9,11H,5-8,19H2,1-2H3,(H,20,23). The molecule has 1 unspecified atom stereocenters. The fourth-order valence-electron chi connectivity index (χ4n) is 2.63. The molecule has 1 aliphatic rings. The Morgan fingerprint density at radius 1 is 1.40 bits per heavy atom. The molecule has 0 spiro atoms. The Labute approximate surface area is 144 Å². The summed E-state index contributed by atoms with van der Waals surface area (Å²) in [5.74, 6) is -0.109. The number of ether oxygens (including phenoxy) is 1. The Balaban J connectivity index is 1.71. The molecule has 1 atom stereocenters. The minimum atomic E-state index is -0.949. The fourth-order valence-corrected chi connectivity index (χ4v) is 2.63. The summed E-state index contributed by atoms with van der Waals surface area (Å²) in [4.78, 5) is 16.7. The van der Waals surface area contributed by atoms with Gasteiger partial charge in [0, 0.05) is 18.8 Å². The molecule has 0 radical (unpaired) electrons. The smallest absolute Gasteiger partial charge is 0.249 e. The largest absolute Gasteiger partial charge is 0.381 e. The summed E-state index contributed by atoms with van der Waals surface area (Å²) in [5.41, 5.74) is 6.26. The van der Waals surface area contributed by atoms with Crippen LogP contribution in [0.15, 0.2) is 22.7 Å². The van der Waals surface area contributed by atoms with Gasteiger partial charge in [-0.3, -0.25) is 4.79 Å². The van der Waals surface area contributed by atoms with Gasteiger partial charge in [-0.25, -0.2) is 4.39 Å². The lowest BCUT2D eigenvalue weighted by Crippen LogP contribution is -2.57. The van der Waals surface area contributed by atoms with Gasteiger partial charge in [0.25, 0.3) is 0 Å². The summed E-state index contributed by atoms with van der Waals surface area (Å²) >= 11 is 0. The SMILES string of the molecule is Cc1ccc(-c2noc(C(C)NC(=O)C3(N)CCOCC3)n2)cc1F. The Morgan fingerprint density at radius 3 is 2.80 bits per heavy atom. The number of aromatic nitrogens is 2. The van der Waals surface area contributed by atoms with Crippen LogP contribution in [0.2, 0.25) is 0 Å².